The lowest BCUT2D eigenvalue weighted by Crippen LogP contribution is -2.22. The van der Waals surface area contributed by atoms with Crippen molar-refractivity contribution in [3.63, 3.8) is 0 Å². The molecule has 1 aromatic heterocycles. The molecule has 1 aromatic rings. The molecule has 0 radical (unpaired) electrons. The average molecular weight is 242 g/mol. The smallest absolute Gasteiger partial charge is 0.204 e. The van der Waals surface area contributed by atoms with Crippen molar-refractivity contribution in [2.75, 3.05) is 45.4 Å². The van der Waals surface area contributed by atoms with E-state index in [1.165, 1.54) is 0 Å². The fourth-order valence-electron chi connectivity index (χ4n) is 1.54. The van der Waals surface area contributed by atoms with Crippen molar-refractivity contribution in [1.82, 2.24) is 14.9 Å². The van der Waals surface area contributed by atoms with E-state index in [-0.39, 0.29) is 6.61 Å². The number of aliphatic hydroxyl groups excluding tert-OH is 1. The standard InChI is InChI=1S/C11H22N4O2/c1-14(2)11-13-9-10(15(11)3)8-12-4-6-17-7-5-16/h9,12,16H,4-8H2,1-3H3. The Bertz CT molecular complexity index is 325. The monoisotopic (exact) mass is 242 g/mol. The van der Waals surface area contributed by atoms with Gasteiger partial charge in [-0.25, -0.2) is 4.98 Å². The van der Waals surface area contributed by atoms with E-state index in [4.69, 9.17) is 9.84 Å². The molecule has 1 heterocycles. The fraction of sp³-hybridized carbons (Fsp3) is 0.727. The molecule has 0 saturated heterocycles. The van der Waals surface area contributed by atoms with Gasteiger partial charge in [-0.05, 0) is 0 Å². The summed E-state index contributed by atoms with van der Waals surface area (Å²) in [6, 6.07) is 0. The molecule has 98 valence electrons. The van der Waals surface area contributed by atoms with Crippen molar-refractivity contribution in [2.45, 2.75) is 6.54 Å². The number of imidazole rings is 1. The lowest BCUT2D eigenvalue weighted by molar-refractivity contribution is 0.0937. The van der Waals surface area contributed by atoms with Crippen LogP contribution in [0.3, 0.4) is 0 Å². The van der Waals surface area contributed by atoms with Crippen LogP contribution in [0.5, 0.6) is 0 Å². The first-order chi connectivity index (χ1) is 8.16. The highest BCUT2D eigenvalue weighted by Crippen LogP contribution is 2.10. The first kappa shape index (κ1) is 14.0. The van der Waals surface area contributed by atoms with Crippen molar-refractivity contribution in [2.24, 2.45) is 7.05 Å². The Morgan fingerprint density at radius 3 is 2.82 bits per heavy atom. The Morgan fingerprint density at radius 1 is 1.47 bits per heavy atom. The van der Waals surface area contributed by atoms with E-state index in [2.05, 4.69) is 14.9 Å². The molecule has 0 aliphatic carbocycles. The minimum absolute atomic E-state index is 0.0773. The van der Waals surface area contributed by atoms with E-state index < -0.39 is 0 Å². The summed E-state index contributed by atoms with van der Waals surface area (Å²) in [5, 5.41) is 11.8. The third kappa shape index (κ3) is 4.33. The van der Waals surface area contributed by atoms with Gasteiger partial charge in [-0.3, -0.25) is 0 Å². The molecule has 2 N–H and O–H groups in total. The minimum Gasteiger partial charge on any atom is -0.394 e. The summed E-state index contributed by atoms with van der Waals surface area (Å²) in [7, 11) is 5.95. The highest BCUT2D eigenvalue weighted by molar-refractivity contribution is 5.30. The van der Waals surface area contributed by atoms with E-state index in [9.17, 15) is 0 Å². The van der Waals surface area contributed by atoms with Crippen LogP contribution in [-0.4, -0.2) is 55.1 Å². The van der Waals surface area contributed by atoms with Crippen LogP contribution in [0.2, 0.25) is 0 Å². The zero-order valence-corrected chi connectivity index (χ0v) is 10.8. The molecular formula is C11H22N4O2. The molecule has 1 rings (SSSR count). The predicted molar refractivity (Wildman–Crippen MR) is 67.1 cm³/mol. The van der Waals surface area contributed by atoms with Gasteiger partial charge in [-0.15, -0.1) is 0 Å². The van der Waals surface area contributed by atoms with Crippen LogP contribution in [-0.2, 0) is 18.3 Å². The second kappa shape index (κ2) is 7.26. The first-order valence-electron chi connectivity index (χ1n) is 5.74. The highest BCUT2D eigenvalue weighted by atomic mass is 16.5. The maximum Gasteiger partial charge on any atom is 0.204 e. The molecule has 0 atom stereocenters. The maximum atomic E-state index is 8.53. The molecule has 0 spiro atoms. The third-order valence-corrected chi connectivity index (χ3v) is 2.42. The summed E-state index contributed by atoms with van der Waals surface area (Å²) in [6.07, 6.45) is 1.87. The summed E-state index contributed by atoms with van der Waals surface area (Å²) in [5.74, 6) is 0.943. The van der Waals surface area contributed by atoms with Gasteiger partial charge in [0.1, 0.15) is 0 Å². The zero-order valence-electron chi connectivity index (χ0n) is 10.8. The average Bonchev–Trinajstić information content (AvgIpc) is 2.65. The van der Waals surface area contributed by atoms with E-state index in [0.717, 1.165) is 24.7 Å². The van der Waals surface area contributed by atoms with Gasteiger partial charge in [0.15, 0.2) is 0 Å². The number of ether oxygens (including phenoxy) is 1. The summed E-state index contributed by atoms with van der Waals surface area (Å²) in [6.45, 7) is 2.62. The van der Waals surface area contributed by atoms with Gasteiger partial charge in [0.25, 0.3) is 0 Å². The Labute approximate surface area is 102 Å². The van der Waals surface area contributed by atoms with Gasteiger partial charge in [0, 0.05) is 34.2 Å². The second-order valence-electron chi connectivity index (χ2n) is 4.02. The van der Waals surface area contributed by atoms with Crippen molar-refractivity contribution in [3.8, 4) is 0 Å². The second-order valence-corrected chi connectivity index (χ2v) is 4.02. The molecule has 0 fully saturated rings. The van der Waals surface area contributed by atoms with Crippen LogP contribution in [0.4, 0.5) is 5.95 Å². The van der Waals surface area contributed by atoms with Gasteiger partial charge < -0.3 is 24.6 Å². The van der Waals surface area contributed by atoms with Crippen LogP contribution >= 0.6 is 0 Å². The molecule has 0 amide bonds. The number of hydrogen-bond donors (Lipinski definition) is 2. The molecule has 0 bridgehead atoms. The van der Waals surface area contributed by atoms with Gasteiger partial charge in [-0.1, -0.05) is 0 Å². The summed E-state index contributed by atoms with van der Waals surface area (Å²) < 4.78 is 7.21. The number of aliphatic hydroxyl groups is 1. The molecule has 0 aliphatic rings. The minimum atomic E-state index is 0.0773. The highest BCUT2D eigenvalue weighted by Gasteiger charge is 2.06. The van der Waals surface area contributed by atoms with Crippen LogP contribution in [0.25, 0.3) is 0 Å². The molecule has 17 heavy (non-hydrogen) atoms. The van der Waals surface area contributed by atoms with Crippen LogP contribution in [0.1, 0.15) is 5.69 Å². The number of aromatic nitrogens is 2. The van der Waals surface area contributed by atoms with Crippen LogP contribution in [0.15, 0.2) is 6.20 Å². The Morgan fingerprint density at radius 2 is 2.24 bits per heavy atom. The maximum absolute atomic E-state index is 8.53. The number of hydrogen-bond acceptors (Lipinski definition) is 5. The van der Waals surface area contributed by atoms with Crippen LogP contribution in [0, 0.1) is 0 Å². The number of nitrogens with zero attached hydrogens (tertiary/aromatic N) is 3. The molecular weight excluding hydrogens is 220 g/mol. The number of rotatable bonds is 8. The Balaban J connectivity index is 2.27. The van der Waals surface area contributed by atoms with E-state index in [1.807, 2.05) is 32.2 Å². The molecule has 6 nitrogen and oxygen atoms in total. The van der Waals surface area contributed by atoms with Crippen molar-refractivity contribution < 1.29 is 9.84 Å². The molecule has 6 heteroatoms. The van der Waals surface area contributed by atoms with Crippen molar-refractivity contribution >= 4 is 5.95 Å². The number of nitrogens with one attached hydrogen (secondary N) is 1. The summed E-state index contributed by atoms with van der Waals surface area (Å²) in [5.41, 5.74) is 1.14. The lowest BCUT2D eigenvalue weighted by Gasteiger charge is -2.12. The quantitative estimate of drug-likeness (QED) is 0.607. The van der Waals surface area contributed by atoms with Gasteiger partial charge in [0.2, 0.25) is 5.95 Å². The molecule has 0 unspecified atom stereocenters. The molecule has 0 aliphatic heterocycles. The van der Waals surface area contributed by atoms with Crippen molar-refractivity contribution in [1.29, 1.82) is 0 Å². The predicted octanol–water partition coefficient (Wildman–Crippen LogP) is -0.415. The van der Waals surface area contributed by atoms with Crippen LogP contribution < -0.4 is 10.2 Å². The SMILES string of the molecule is CN(C)c1ncc(CNCCOCCO)n1C. The summed E-state index contributed by atoms with van der Waals surface area (Å²) in [4.78, 5) is 6.31. The first-order valence-corrected chi connectivity index (χ1v) is 5.74. The Hall–Kier alpha value is -1.11. The van der Waals surface area contributed by atoms with E-state index in [1.54, 1.807) is 0 Å². The van der Waals surface area contributed by atoms with Gasteiger partial charge in [-0.2, -0.15) is 0 Å². The summed E-state index contributed by atoms with van der Waals surface area (Å²) >= 11 is 0. The van der Waals surface area contributed by atoms with E-state index >= 15 is 0 Å². The topological polar surface area (TPSA) is 62.6 Å². The lowest BCUT2D eigenvalue weighted by atomic mass is 10.4. The van der Waals surface area contributed by atoms with Crippen molar-refractivity contribution in [3.05, 3.63) is 11.9 Å². The largest absolute Gasteiger partial charge is 0.394 e. The van der Waals surface area contributed by atoms with E-state index in [0.29, 0.717) is 13.2 Å². The fourth-order valence-corrected chi connectivity index (χ4v) is 1.54. The molecule has 0 saturated carbocycles. The number of anilines is 1. The Kier molecular flexibility index (Phi) is 5.96. The van der Waals surface area contributed by atoms with Gasteiger partial charge in [0.05, 0.1) is 31.7 Å². The third-order valence-electron chi connectivity index (χ3n) is 2.42. The zero-order chi connectivity index (χ0) is 12.7. The molecule has 0 aromatic carbocycles. The normalized spacial score (nSPS) is 10.8. The van der Waals surface area contributed by atoms with Gasteiger partial charge >= 0.3 is 0 Å².